The van der Waals surface area contributed by atoms with Gasteiger partial charge in [0.25, 0.3) is 0 Å². The van der Waals surface area contributed by atoms with Gasteiger partial charge < -0.3 is 9.15 Å². The number of aryl methyl sites for hydroxylation is 1. The van der Waals surface area contributed by atoms with Gasteiger partial charge in [-0.2, -0.15) is 0 Å². The summed E-state index contributed by atoms with van der Waals surface area (Å²) in [7, 11) is 1.65. The molecule has 0 saturated carbocycles. The molecule has 0 aliphatic carbocycles. The molecule has 0 unspecified atom stereocenters. The molecule has 0 spiro atoms. The average molecular weight is 265 g/mol. The molecule has 1 heterocycles. The maximum Gasteiger partial charge on any atom is 0.135 e. The van der Waals surface area contributed by atoms with Crippen molar-refractivity contribution in [1.82, 2.24) is 0 Å². The van der Waals surface area contributed by atoms with E-state index in [1.54, 1.807) is 13.4 Å². The Bertz CT molecular complexity index is 801. The summed E-state index contributed by atoms with van der Waals surface area (Å²) in [5.74, 6) is 0.827. The van der Waals surface area contributed by atoms with E-state index in [9.17, 15) is 0 Å². The third kappa shape index (κ3) is 2.43. The van der Waals surface area contributed by atoms with Gasteiger partial charge in [0.05, 0.1) is 24.4 Å². The van der Waals surface area contributed by atoms with Crippen molar-refractivity contribution >= 4 is 16.7 Å². The molecule has 3 heteroatoms. The highest BCUT2D eigenvalue weighted by molar-refractivity contribution is 5.76. The molecule has 0 saturated heterocycles. The summed E-state index contributed by atoms with van der Waals surface area (Å²) in [5, 5.41) is 1.92. The van der Waals surface area contributed by atoms with Gasteiger partial charge >= 0.3 is 0 Å². The Labute approximate surface area is 117 Å². The maximum absolute atomic E-state index is 5.50. The zero-order valence-electron chi connectivity index (χ0n) is 11.5. The van der Waals surface area contributed by atoms with Gasteiger partial charge in [-0.3, -0.25) is 0 Å². The SMILES string of the molecule is COc1ccc(N=c2ccoc3ccc(C)cc23)cc1. The molecule has 0 amide bonds. The lowest BCUT2D eigenvalue weighted by Gasteiger charge is -2.01. The Hall–Kier alpha value is -2.55. The first kappa shape index (κ1) is 12.5. The molecule has 1 aromatic heterocycles. The minimum Gasteiger partial charge on any atom is -0.497 e. The van der Waals surface area contributed by atoms with Gasteiger partial charge in [0, 0.05) is 5.39 Å². The van der Waals surface area contributed by atoms with E-state index < -0.39 is 0 Å². The highest BCUT2D eigenvalue weighted by atomic mass is 16.5. The summed E-state index contributed by atoms with van der Waals surface area (Å²) in [5.41, 5.74) is 2.91. The van der Waals surface area contributed by atoms with E-state index in [2.05, 4.69) is 18.0 Å². The largest absolute Gasteiger partial charge is 0.497 e. The summed E-state index contributed by atoms with van der Waals surface area (Å²) in [6, 6.07) is 15.6. The van der Waals surface area contributed by atoms with Gasteiger partial charge in [-0.15, -0.1) is 0 Å². The van der Waals surface area contributed by atoms with Crippen LogP contribution in [0.1, 0.15) is 5.56 Å². The predicted molar refractivity (Wildman–Crippen MR) is 79.2 cm³/mol. The van der Waals surface area contributed by atoms with Gasteiger partial charge in [-0.25, -0.2) is 4.99 Å². The van der Waals surface area contributed by atoms with Crippen LogP contribution in [-0.2, 0) is 0 Å². The van der Waals surface area contributed by atoms with Crippen LogP contribution in [0.25, 0.3) is 11.0 Å². The van der Waals surface area contributed by atoms with Gasteiger partial charge in [0.15, 0.2) is 0 Å². The number of hydrogen-bond acceptors (Lipinski definition) is 3. The van der Waals surface area contributed by atoms with Crippen LogP contribution in [0.3, 0.4) is 0 Å². The second-order valence-corrected chi connectivity index (χ2v) is 4.62. The van der Waals surface area contributed by atoms with E-state index >= 15 is 0 Å². The predicted octanol–water partition coefficient (Wildman–Crippen LogP) is 3.98. The molecular formula is C17H15NO2. The molecule has 0 N–H and O–H groups in total. The zero-order valence-corrected chi connectivity index (χ0v) is 11.5. The van der Waals surface area contributed by atoms with Gasteiger partial charge in [-0.1, -0.05) is 11.6 Å². The zero-order chi connectivity index (χ0) is 13.9. The first-order valence-corrected chi connectivity index (χ1v) is 6.43. The Morgan fingerprint density at radius 3 is 2.55 bits per heavy atom. The van der Waals surface area contributed by atoms with Crippen molar-refractivity contribution in [1.29, 1.82) is 0 Å². The number of benzene rings is 2. The van der Waals surface area contributed by atoms with Crippen LogP contribution in [0.4, 0.5) is 5.69 Å². The summed E-state index contributed by atoms with van der Waals surface area (Å²) in [6.45, 7) is 2.06. The van der Waals surface area contributed by atoms with Crippen molar-refractivity contribution in [2.45, 2.75) is 6.92 Å². The normalized spacial score (nSPS) is 11.8. The van der Waals surface area contributed by atoms with Crippen LogP contribution in [-0.4, -0.2) is 7.11 Å². The van der Waals surface area contributed by atoms with Crippen LogP contribution in [0.5, 0.6) is 5.75 Å². The molecule has 3 aromatic rings. The van der Waals surface area contributed by atoms with Crippen molar-refractivity contribution in [3.63, 3.8) is 0 Å². The highest BCUT2D eigenvalue weighted by Crippen LogP contribution is 2.18. The van der Waals surface area contributed by atoms with Crippen LogP contribution in [0.15, 0.2) is 64.2 Å². The van der Waals surface area contributed by atoms with Gasteiger partial charge in [-0.05, 0) is 49.4 Å². The first-order chi connectivity index (χ1) is 9.76. The average Bonchev–Trinajstić information content (AvgIpc) is 2.49. The summed E-state index contributed by atoms with van der Waals surface area (Å²) >= 11 is 0. The fraction of sp³-hybridized carbons (Fsp3) is 0.118. The molecule has 0 atom stereocenters. The van der Waals surface area contributed by atoms with Crippen molar-refractivity contribution in [3.8, 4) is 5.75 Å². The van der Waals surface area contributed by atoms with E-state index in [1.807, 2.05) is 42.5 Å². The number of rotatable bonds is 2. The number of hydrogen-bond donors (Lipinski definition) is 0. The fourth-order valence-corrected chi connectivity index (χ4v) is 2.10. The Morgan fingerprint density at radius 1 is 1.00 bits per heavy atom. The topological polar surface area (TPSA) is 34.7 Å². The van der Waals surface area contributed by atoms with Crippen LogP contribution in [0, 0.1) is 6.92 Å². The van der Waals surface area contributed by atoms with E-state index in [4.69, 9.17) is 9.15 Å². The molecule has 0 bridgehead atoms. The molecule has 0 fully saturated rings. The molecule has 100 valence electrons. The minimum absolute atomic E-state index is 0.827. The van der Waals surface area contributed by atoms with E-state index in [0.29, 0.717) is 0 Å². The van der Waals surface area contributed by atoms with Crippen molar-refractivity contribution < 1.29 is 9.15 Å². The van der Waals surface area contributed by atoms with Crippen molar-refractivity contribution in [2.24, 2.45) is 4.99 Å². The molecule has 3 nitrogen and oxygen atoms in total. The van der Waals surface area contributed by atoms with E-state index in [-0.39, 0.29) is 0 Å². The van der Waals surface area contributed by atoms with Crippen LogP contribution >= 0.6 is 0 Å². The smallest absolute Gasteiger partial charge is 0.135 e. The highest BCUT2D eigenvalue weighted by Gasteiger charge is 1.99. The van der Waals surface area contributed by atoms with Crippen molar-refractivity contribution in [3.05, 3.63) is 65.7 Å². The van der Waals surface area contributed by atoms with Crippen LogP contribution < -0.4 is 10.1 Å². The van der Waals surface area contributed by atoms with E-state index in [1.165, 1.54) is 5.56 Å². The molecule has 0 aliphatic heterocycles. The van der Waals surface area contributed by atoms with Gasteiger partial charge in [0.2, 0.25) is 0 Å². The Kier molecular flexibility index (Phi) is 3.25. The summed E-state index contributed by atoms with van der Waals surface area (Å²) in [6.07, 6.45) is 1.67. The number of ether oxygens (including phenoxy) is 1. The van der Waals surface area contributed by atoms with E-state index in [0.717, 1.165) is 27.8 Å². The minimum atomic E-state index is 0.827. The Balaban J connectivity index is 2.17. The van der Waals surface area contributed by atoms with Crippen LogP contribution in [0.2, 0.25) is 0 Å². The summed E-state index contributed by atoms with van der Waals surface area (Å²) < 4.78 is 10.7. The number of methoxy groups -OCH3 is 1. The second kappa shape index (κ2) is 5.21. The monoisotopic (exact) mass is 265 g/mol. The molecule has 20 heavy (non-hydrogen) atoms. The van der Waals surface area contributed by atoms with Gasteiger partial charge in [0.1, 0.15) is 11.3 Å². The molecule has 2 aromatic carbocycles. The maximum atomic E-state index is 5.50. The third-order valence-electron chi connectivity index (χ3n) is 3.15. The quantitative estimate of drug-likeness (QED) is 0.702. The lowest BCUT2D eigenvalue weighted by molar-refractivity contribution is 0.415. The molecule has 0 aliphatic rings. The fourth-order valence-electron chi connectivity index (χ4n) is 2.10. The third-order valence-corrected chi connectivity index (χ3v) is 3.15. The first-order valence-electron chi connectivity index (χ1n) is 6.43. The lowest BCUT2D eigenvalue weighted by Crippen LogP contribution is -2.01. The summed E-state index contributed by atoms with van der Waals surface area (Å²) in [4.78, 5) is 4.67. The van der Waals surface area contributed by atoms with Crippen molar-refractivity contribution in [2.75, 3.05) is 7.11 Å². The molecule has 3 rings (SSSR count). The Morgan fingerprint density at radius 2 is 1.80 bits per heavy atom. The lowest BCUT2D eigenvalue weighted by atomic mass is 10.1. The second-order valence-electron chi connectivity index (χ2n) is 4.62. The molecular weight excluding hydrogens is 250 g/mol. The molecule has 0 radical (unpaired) electrons. The number of fused-ring (bicyclic) bond motifs is 1. The number of nitrogens with zero attached hydrogens (tertiary/aromatic N) is 1. The standard InChI is InChI=1S/C17H15NO2/c1-12-3-8-17-15(11-12)16(9-10-20-17)18-13-4-6-14(19-2)7-5-13/h3-11H,1-2H3.